The minimum Gasteiger partial charge on any atom is -0.452 e. The van der Waals surface area contributed by atoms with Gasteiger partial charge in [0.25, 0.3) is 5.91 Å². The van der Waals surface area contributed by atoms with Gasteiger partial charge in [-0.25, -0.2) is 9.78 Å². The summed E-state index contributed by atoms with van der Waals surface area (Å²) in [6, 6.07) is 18.6. The van der Waals surface area contributed by atoms with Gasteiger partial charge in [-0.05, 0) is 48.7 Å². The van der Waals surface area contributed by atoms with Crippen LogP contribution in [-0.4, -0.2) is 30.0 Å². The molecule has 4 rings (SSSR count). The lowest BCUT2D eigenvalue weighted by Crippen LogP contribution is -2.35. The number of amides is 1. The van der Waals surface area contributed by atoms with Gasteiger partial charge in [0, 0.05) is 17.3 Å². The molecule has 1 saturated carbocycles. The Morgan fingerprint density at radius 2 is 1.86 bits per heavy atom. The Morgan fingerprint density at radius 1 is 1.07 bits per heavy atom. The molecule has 0 atom stereocenters. The summed E-state index contributed by atoms with van der Waals surface area (Å²) in [5, 5.41) is 4.06. The number of carbonyl (C=O) groups is 2. The smallest absolute Gasteiger partial charge is 0.338 e. The maximum Gasteiger partial charge on any atom is 0.338 e. The van der Waals surface area contributed by atoms with Gasteiger partial charge in [0.2, 0.25) is 0 Å². The van der Waals surface area contributed by atoms with Gasteiger partial charge < -0.3 is 10.1 Å². The highest BCUT2D eigenvalue weighted by Gasteiger charge is 2.44. The van der Waals surface area contributed by atoms with Gasteiger partial charge in [-0.3, -0.25) is 4.79 Å². The highest BCUT2D eigenvalue weighted by Crippen LogP contribution is 2.47. The number of aromatic nitrogens is 1. The molecular weight excluding hydrogens is 376 g/mol. The summed E-state index contributed by atoms with van der Waals surface area (Å²) in [6.45, 7) is 0.246. The van der Waals surface area contributed by atoms with E-state index in [9.17, 15) is 9.59 Å². The zero-order valence-corrected chi connectivity index (χ0v) is 15.9. The standard InChI is InChI=1S/C22H19ClN2O3/c23-19-9-7-15-12-16(6-8-18(15)25-19)21(27)28-13-20(26)24-14-22(10-11-22)17-4-2-1-3-5-17/h1-9,12H,10-11,13-14H2,(H,24,26). The number of hydrogen-bond acceptors (Lipinski definition) is 4. The number of pyridine rings is 1. The SMILES string of the molecule is O=C(COC(=O)c1ccc2nc(Cl)ccc2c1)NCC1(c2ccccc2)CC1. The summed E-state index contributed by atoms with van der Waals surface area (Å²) in [4.78, 5) is 28.5. The predicted octanol–water partition coefficient (Wildman–Crippen LogP) is 3.89. The number of nitrogens with one attached hydrogen (secondary N) is 1. The summed E-state index contributed by atoms with van der Waals surface area (Å²) in [5.41, 5.74) is 2.31. The number of esters is 1. The molecule has 1 fully saturated rings. The number of halogens is 1. The number of benzene rings is 2. The van der Waals surface area contributed by atoms with Crippen LogP contribution in [0.4, 0.5) is 0 Å². The van der Waals surface area contributed by atoms with Crippen LogP contribution in [0.1, 0.15) is 28.8 Å². The molecule has 0 unspecified atom stereocenters. The summed E-state index contributed by atoms with van der Waals surface area (Å²) in [7, 11) is 0. The van der Waals surface area contributed by atoms with Crippen molar-refractivity contribution in [2.75, 3.05) is 13.2 Å². The molecule has 1 aromatic heterocycles. The van der Waals surface area contributed by atoms with E-state index in [-0.39, 0.29) is 17.9 Å². The predicted molar refractivity (Wildman–Crippen MR) is 107 cm³/mol. The first-order valence-electron chi connectivity index (χ1n) is 9.11. The van der Waals surface area contributed by atoms with Crippen LogP contribution in [0.5, 0.6) is 0 Å². The van der Waals surface area contributed by atoms with Crippen molar-refractivity contribution in [3.63, 3.8) is 0 Å². The van der Waals surface area contributed by atoms with Gasteiger partial charge in [0.1, 0.15) is 5.15 Å². The van der Waals surface area contributed by atoms with Crippen LogP contribution in [0.3, 0.4) is 0 Å². The molecule has 2 aromatic carbocycles. The Morgan fingerprint density at radius 3 is 2.61 bits per heavy atom. The molecule has 0 radical (unpaired) electrons. The summed E-state index contributed by atoms with van der Waals surface area (Å²) in [5.74, 6) is -0.846. The zero-order chi connectivity index (χ0) is 19.6. The first kappa shape index (κ1) is 18.4. The van der Waals surface area contributed by atoms with E-state index >= 15 is 0 Å². The molecule has 3 aromatic rings. The molecule has 6 heteroatoms. The second kappa shape index (κ2) is 7.60. The maximum atomic E-state index is 12.2. The van der Waals surface area contributed by atoms with Crippen LogP contribution in [-0.2, 0) is 14.9 Å². The van der Waals surface area contributed by atoms with Crippen molar-refractivity contribution in [1.82, 2.24) is 10.3 Å². The van der Waals surface area contributed by atoms with Crippen molar-refractivity contribution < 1.29 is 14.3 Å². The van der Waals surface area contributed by atoms with Crippen molar-refractivity contribution in [2.45, 2.75) is 18.3 Å². The van der Waals surface area contributed by atoms with Crippen molar-refractivity contribution in [2.24, 2.45) is 0 Å². The van der Waals surface area contributed by atoms with Crippen LogP contribution < -0.4 is 5.32 Å². The average molecular weight is 395 g/mol. The van der Waals surface area contributed by atoms with E-state index in [1.165, 1.54) is 5.56 Å². The second-order valence-electron chi connectivity index (χ2n) is 7.04. The normalized spacial score (nSPS) is 14.5. The molecule has 28 heavy (non-hydrogen) atoms. The lowest BCUT2D eigenvalue weighted by molar-refractivity contribution is -0.124. The van der Waals surface area contributed by atoms with Crippen molar-refractivity contribution >= 4 is 34.4 Å². The molecule has 142 valence electrons. The fraction of sp³-hybridized carbons (Fsp3) is 0.227. The topological polar surface area (TPSA) is 68.3 Å². The van der Waals surface area contributed by atoms with E-state index in [0.29, 0.717) is 22.8 Å². The van der Waals surface area contributed by atoms with Crippen LogP contribution in [0, 0.1) is 0 Å². The van der Waals surface area contributed by atoms with Gasteiger partial charge in [-0.2, -0.15) is 0 Å². The van der Waals surface area contributed by atoms with Gasteiger partial charge in [-0.1, -0.05) is 41.9 Å². The minimum absolute atomic E-state index is 0.0214. The highest BCUT2D eigenvalue weighted by atomic mass is 35.5. The quantitative estimate of drug-likeness (QED) is 0.508. The first-order chi connectivity index (χ1) is 13.6. The van der Waals surface area contributed by atoms with Crippen molar-refractivity contribution in [3.8, 4) is 0 Å². The van der Waals surface area contributed by atoms with E-state index in [0.717, 1.165) is 18.2 Å². The lowest BCUT2D eigenvalue weighted by atomic mass is 9.96. The van der Waals surface area contributed by atoms with Gasteiger partial charge in [0.05, 0.1) is 11.1 Å². The Hall–Kier alpha value is -2.92. The molecule has 1 aliphatic carbocycles. The Labute approximate surface area is 167 Å². The van der Waals surface area contributed by atoms with E-state index in [4.69, 9.17) is 16.3 Å². The second-order valence-corrected chi connectivity index (χ2v) is 7.43. The average Bonchev–Trinajstić information content (AvgIpc) is 3.52. The molecule has 1 aliphatic rings. The van der Waals surface area contributed by atoms with Crippen molar-refractivity contribution in [1.29, 1.82) is 0 Å². The minimum atomic E-state index is -0.545. The van der Waals surface area contributed by atoms with Gasteiger partial charge >= 0.3 is 5.97 Å². The van der Waals surface area contributed by atoms with Crippen LogP contribution >= 0.6 is 11.6 Å². The number of carbonyl (C=O) groups excluding carboxylic acids is 2. The third-order valence-corrected chi connectivity index (χ3v) is 5.30. The van der Waals surface area contributed by atoms with Crippen molar-refractivity contribution in [3.05, 3.63) is 76.9 Å². The van der Waals surface area contributed by atoms with Crippen LogP contribution in [0.2, 0.25) is 5.15 Å². The molecular formula is C22H19ClN2O3. The summed E-state index contributed by atoms with van der Waals surface area (Å²) in [6.07, 6.45) is 2.10. The third-order valence-electron chi connectivity index (χ3n) is 5.09. The van der Waals surface area contributed by atoms with E-state index < -0.39 is 5.97 Å². The largest absolute Gasteiger partial charge is 0.452 e. The van der Waals surface area contributed by atoms with Gasteiger partial charge in [-0.15, -0.1) is 0 Å². The summed E-state index contributed by atoms with van der Waals surface area (Å²) >= 11 is 5.86. The Bertz CT molecular complexity index is 1030. The van der Waals surface area contributed by atoms with E-state index in [1.807, 2.05) is 18.2 Å². The zero-order valence-electron chi connectivity index (χ0n) is 15.2. The highest BCUT2D eigenvalue weighted by molar-refractivity contribution is 6.29. The molecule has 0 bridgehead atoms. The van der Waals surface area contributed by atoms with Crippen LogP contribution in [0.25, 0.3) is 10.9 Å². The fourth-order valence-corrected chi connectivity index (χ4v) is 3.43. The molecule has 5 nitrogen and oxygen atoms in total. The number of nitrogens with zero attached hydrogens (tertiary/aromatic N) is 1. The molecule has 0 spiro atoms. The van der Waals surface area contributed by atoms with E-state index in [2.05, 4.69) is 22.4 Å². The lowest BCUT2D eigenvalue weighted by Gasteiger charge is -2.16. The number of fused-ring (bicyclic) bond motifs is 1. The number of ether oxygens (including phenoxy) is 1. The maximum absolute atomic E-state index is 12.2. The third kappa shape index (κ3) is 3.99. The molecule has 1 N–H and O–H groups in total. The molecule has 0 aliphatic heterocycles. The first-order valence-corrected chi connectivity index (χ1v) is 9.49. The number of rotatable bonds is 6. The Balaban J connectivity index is 1.31. The molecule has 0 saturated heterocycles. The molecule has 1 amide bonds. The summed E-state index contributed by atoms with van der Waals surface area (Å²) < 4.78 is 5.16. The van der Waals surface area contributed by atoms with E-state index in [1.54, 1.807) is 30.3 Å². The molecule has 1 heterocycles. The fourth-order valence-electron chi connectivity index (χ4n) is 3.27. The monoisotopic (exact) mass is 394 g/mol. The Kier molecular flexibility index (Phi) is 5.01. The van der Waals surface area contributed by atoms with Crippen LogP contribution in [0.15, 0.2) is 60.7 Å². The van der Waals surface area contributed by atoms with Gasteiger partial charge in [0.15, 0.2) is 6.61 Å². The number of hydrogen-bond donors (Lipinski definition) is 1.